The molecule has 1 aliphatic rings. The van der Waals surface area contributed by atoms with Gasteiger partial charge in [-0.25, -0.2) is 9.67 Å². The lowest BCUT2D eigenvalue weighted by molar-refractivity contribution is 0.194. The topological polar surface area (TPSA) is 65.9 Å². The first-order valence-corrected chi connectivity index (χ1v) is 8.66. The van der Waals surface area contributed by atoms with E-state index in [9.17, 15) is 0 Å². The van der Waals surface area contributed by atoms with Gasteiger partial charge in [0.05, 0.1) is 12.9 Å². The zero-order chi connectivity index (χ0) is 17.1. The molecular weight excluding hydrogens is 334 g/mol. The van der Waals surface area contributed by atoms with E-state index in [1.165, 1.54) is 0 Å². The fourth-order valence-electron chi connectivity index (χ4n) is 2.95. The molecule has 0 amide bonds. The minimum atomic E-state index is 0.579. The molecule has 128 valence electrons. The summed E-state index contributed by atoms with van der Waals surface area (Å²) in [5.41, 5.74) is 1.04. The van der Waals surface area contributed by atoms with Crippen LogP contribution in [0.15, 0.2) is 48.9 Å². The van der Waals surface area contributed by atoms with Crippen LogP contribution in [0.2, 0.25) is 0 Å². The van der Waals surface area contributed by atoms with Crippen LogP contribution in [0.1, 0.15) is 0 Å². The van der Waals surface area contributed by atoms with Gasteiger partial charge < -0.3 is 4.90 Å². The quantitative estimate of drug-likeness (QED) is 0.725. The van der Waals surface area contributed by atoms with Crippen molar-refractivity contribution in [3.05, 3.63) is 53.7 Å². The predicted molar refractivity (Wildman–Crippen MR) is 98.7 cm³/mol. The van der Waals surface area contributed by atoms with Crippen molar-refractivity contribution < 1.29 is 0 Å². The summed E-state index contributed by atoms with van der Waals surface area (Å²) in [4.78, 5) is 17.6. The summed E-state index contributed by atoms with van der Waals surface area (Å²) < 4.78 is 2.51. The second-order valence-electron chi connectivity index (χ2n) is 5.96. The fourth-order valence-corrected chi connectivity index (χ4v) is 3.15. The Hall–Kier alpha value is -2.58. The van der Waals surface area contributed by atoms with E-state index in [0.717, 1.165) is 43.4 Å². The van der Waals surface area contributed by atoms with Crippen LogP contribution >= 0.6 is 12.2 Å². The van der Waals surface area contributed by atoms with E-state index in [-0.39, 0.29) is 0 Å². The standard InChI is InChI=1S/C17H19N7S/c25-17-20-16(14-4-2-1-3-5-14)21-24(17)13-22-8-10-23(11-9-22)15-12-18-6-7-19-15/h1-7,12H,8-11,13H2,(H,20,21,25). The van der Waals surface area contributed by atoms with Crippen molar-refractivity contribution in [1.29, 1.82) is 0 Å². The molecule has 25 heavy (non-hydrogen) atoms. The van der Waals surface area contributed by atoms with Crippen LogP contribution in [0.5, 0.6) is 0 Å². The van der Waals surface area contributed by atoms with Crippen LogP contribution in [-0.2, 0) is 6.67 Å². The maximum atomic E-state index is 5.41. The van der Waals surface area contributed by atoms with Crippen LogP contribution in [0.4, 0.5) is 5.82 Å². The minimum Gasteiger partial charge on any atom is -0.353 e. The molecule has 2 aromatic heterocycles. The molecule has 0 bridgehead atoms. The van der Waals surface area contributed by atoms with Gasteiger partial charge in [0.25, 0.3) is 0 Å². The van der Waals surface area contributed by atoms with Gasteiger partial charge in [-0.3, -0.25) is 15.0 Å². The number of H-pyrrole nitrogens is 1. The third-order valence-corrected chi connectivity index (χ3v) is 4.63. The molecule has 0 atom stereocenters. The normalized spacial score (nSPS) is 15.4. The van der Waals surface area contributed by atoms with E-state index < -0.39 is 0 Å². The zero-order valence-corrected chi connectivity index (χ0v) is 14.6. The molecule has 0 spiro atoms. The highest BCUT2D eigenvalue weighted by Gasteiger charge is 2.19. The Balaban J connectivity index is 1.41. The Labute approximate surface area is 151 Å². The number of rotatable bonds is 4. The maximum absolute atomic E-state index is 5.41. The molecule has 8 heteroatoms. The average Bonchev–Trinajstić information content (AvgIpc) is 3.04. The molecule has 4 rings (SSSR count). The number of nitrogens with zero attached hydrogens (tertiary/aromatic N) is 6. The average molecular weight is 353 g/mol. The lowest BCUT2D eigenvalue weighted by Gasteiger charge is -2.34. The van der Waals surface area contributed by atoms with Crippen LogP contribution < -0.4 is 4.90 Å². The molecule has 3 heterocycles. The number of hydrogen-bond acceptors (Lipinski definition) is 6. The molecule has 0 aliphatic carbocycles. The van der Waals surface area contributed by atoms with Gasteiger partial charge in [-0.15, -0.1) is 0 Å². The summed E-state index contributed by atoms with van der Waals surface area (Å²) in [6.45, 7) is 4.44. The molecule has 0 unspecified atom stereocenters. The van der Waals surface area contributed by atoms with E-state index in [1.54, 1.807) is 12.4 Å². The summed E-state index contributed by atoms with van der Waals surface area (Å²) in [6, 6.07) is 10.0. The van der Waals surface area contributed by atoms with Crippen molar-refractivity contribution in [2.24, 2.45) is 0 Å². The molecule has 0 saturated carbocycles. The largest absolute Gasteiger partial charge is 0.353 e. The van der Waals surface area contributed by atoms with Crippen molar-refractivity contribution >= 4 is 18.0 Å². The zero-order valence-electron chi connectivity index (χ0n) is 13.7. The van der Waals surface area contributed by atoms with E-state index in [4.69, 9.17) is 12.2 Å². The molecule has 7 nitrogen and oxygen atoms in total. The number of hydrogen-bond donors (Lipinski definition) is 1. The Morgan fingerprint density at radius 3 is 2.56 bits per heavy atom. The highest BCUT2D eigenvalue weighted by Crippen LogP contribution is 2.15. The van der Waals surface area contributed by atoms with Crippen molar-refractivity contribution in [2.45, 2.75) is 6.67 Å². The Bertz CT molecular complexity index is 867. The van der Waals surface area contributed by atoms with Crippen LogP contribution in [-0.4, -0.2) is 55.8 Å². The van der Waals surface area contributed by atoms with E-state index >= 15 is 0 Å². The van der Waals surface area contributed by atoms with E-state index in [0.29, 0.717) is 11.4 Å². The van der Waals surface area contributed by atoms with Gasteiger partial charge in [-0.1, -0.05) is 30.3 Å². The Morgan fingerprint density at radius 2 is 1.84 bits per heavy atom. The third-order valence-electron chi connectivity index (χ3n) is 4.31. The van der Waals surface area contributed by atoms with Gasteiger partial charge in [-0.05, 0) is 12.2 Å². The molecule has 1 saturated heterocycles. The van der Waals surface area contributed by atoms with Crippen LogP contribution in [0.25, 0.3) is 11.4 Å². The number of benzene rings is 1. The number of aromatic amines is 1. The van der Waals surface area contributed by atoms with Gasteiger partial charge in [0.2, 0.25) is 4.77 Å². The lowest BCUT2D eigenvalue weighted by atomic mass is 10.2. The summed E-state index contributed by atoms with van der Waals surface area (Å²) in [5.74, 6) is 1.75. The minimum absolute atomic E-state index is 0.579. The van der Waals surface area contributed by atoms with Gasteiger partial charge in [0.1, 0.15) is 5.82 Å². The molecule has 0 radical (unpaired) electrons. The number of anilines is 1. The van der Waals surface area contributed by atoms with Gasteiger partial charge >= 0.3 is 0 Å². The van der Waals surface area contributed by atoms with Crippen molar-refractivity contribution in [2.75, 3.05) is 31.1 Å². The monoisotopic (exact) mass is 353 g/mol. The summed E-state index contributed by atoms with van der Waals surface area (Å²) >= 11 is 5.41. The second kappa shape index (κ2) is 7.12. The van der Waals surface area contributed by atoms with Crippen molar-refractivity contribution in [3.63, 3.8) is 0 Å². The van der Waals surface area contributed by atoms with Gasteiger partial charge in [-0.2, -0.15) is 4.98 Å². The van der Waals surface area contributed by atoms with Gasteiger partial charge in [0.15, 0.2) is 5.82 Å². The van der Waals surface area contributed by atoms with Gasteiger partial charge in [0, 0.05) is 44.1 Å². The van der Waals surface area contributed by atoms with E-state index in [1.807, 2.05) is 41.2 Å². The predicted octanol–water partition coefficient (Wildman–Crippen LogP) is 2.18. The van der Waals surface area contributed by atoms with E-state index in [2.05, 4.69) is 29.9 Å². The SMILES string of the molecule is S=c1nc(-c2ccccc2)[nH]n1CN1CCN(c2cnccn2)CC1. The Morgan fingerprint density at radius 1 is 1.04 bits per heavy atom. The Kier molecular flexibility index (Phi) is 4.53. The molecule has 1 aliphatic heterocycles. The van der Waals surface area contributed by atoms with Crippen LogP contribution in [0.3, 0.4) is 0 Å². The summed E-state index contributed by atoms with van der Waals surface area (Å²) in [6.07, 6.45) is 5.24. The number of piperazine rings is 1. The summed E-state index contributed by atoms with van der Waals surface area (Å²) in [5, 5.41) is 3.31. The molecule has 3 aromatic rings. The molecule has 1 fully saturated rings. The first-order chi connectivity index (χ1) is 12.3. The molecular formula is C17H19N7S. The smallest absolute Gasteiger partial charge is 0.217 e. The third kappa shape index (κ3) is 3.59. The number of aromatic nitrogens is 5. The van der Waals surface area contributed by atoms with Crippen LogP contribution in [0, 0.1) is 4.77 Å². The summed E-state index contributed by atoms with van der Waals surface area (Å²) in [7, 11) is 0. The first kappa shape index (κ1) is 15.9. The molecule has 1 aromatic carbocycles. The fraction of sp³-hybridized carbons (Fsp3) is 0.294. The van der Waals surface area contributed by atoms with Crippen molar-refractivity contribution in [1.82, 2.24) is 29.6 Å². The second-order valence-corrected chi connectivity index (χ2v) is 6.32. The molecule has 1 N–H and O–H groups in total. The number of nitrogens with one attached hydrogen (secondary N) is 1. The van der Waals surface area contributed by atoms with Crippen molar-refractivity contribution in [3.8, 4) is 11.4 Å². The highest BCUT2D eigenvalue weighted by atomic mass is 32.1. The lowest BCUT2D eigenvalue weighted by Crippen LogP contribution is -2.47. The first-order valence-electron chi connectivity index (χ1n) is 8.25. The highest BCUT2D eigenvalue weighted by molar-refractivity contribution is 7.71. The maximum Gasteiger partial charge on any atom is 0.217 e.